The molecule has 1 heterocycles. The van der Waals surface area contributed by atoms with Crippen molar-refractivity contribution in [1.82, 2.24) is 0 Å². The number of non-ortho nitro benzene ring substituents is 1. The van der Waals surface area contributed by atoms with Gasteiger partial charge in [-0.2, -0.15) is 4.57 Å². The molecule has 116 valence electrons. The van der Waals surface area contributed by atoms with Crippen LogP contribution >= 0.6 is 0 Å². The fraction of sp³-hybridized carbons (Fsp3) is 0.0588. The van der Waals surface area contributed by atoms with Crippen LogP contribution in [0.5, 0.6) is 0 Å². The zero-order chi connectivity index (χ0) is 15.5. The van der Waals surface area contributed by atoms with E-state index in [0.717, 1.165) is 10.8 Å². The molecule has 0 aliphatic heterocycles. The molecule has 0 fully saturated rings. The fourth-order valence-electron chi connectivity index (χ4n) is 2.30. The first-order valence-corrected chi connectivity index (χ1v) is 6.79. The summed E-state index contributed by atoms with van der Waals surface area (Å²) in [6, 6.07) is 15.5. The molecule has 0 aliphatic rings. The van der Waals surface area contributed by atoms with Crippen molar-refractivity contribution in [2.75, 3.05) is 0 Å². The third-order valence-electron chi connectivity index (χ3n) is 3.47. The molecule has 23 heavy (non-hydrogen) atoms. The van der Waals surface area contributed by atoms with Crippen molar-refractivity contribution in [3.05, 3.63) is 82.7 Å². The number of carbonyl (C=O) groups is 1. The third-order valence-corrected chi connectivity index (χ3v) is 3.47. The van der Waals surface area contributed by atoms with E-state index < -0.39 is 4.92 Å². The van der Waals surface area contributed by atoms with E-state index in [1.807, 2.05) is 47.3 Å². The summed E-state index contributed by atoms with van der Waals surface area (Å²) in [5, 5.41) is 12.8. The standard InChI is InChI=1S/C17H13N2O3.BrH/c20-17(14-5-7-16(8-6-14)19(21)22)12-18-10-9-13-3-1-2-4-15(13)11-18;/h1-11H,12H2;1H/q+1;/p-1. The van der Waals surface area contributed by atoms with E-state index in [2.05, 4.69) is 0 Å². The highest BCUT2D eigenvalue weighted by molar-refractivity contribution is 5.95. The lowest BCUT2D eigenvalue weighted by Gasteiger charge is -2.00. The summed E-state index contributed by atoms with van der Waals surface area (Å²) in [7, 11) is 0. The molecule has 5 nitrogen and oxygen atoms in total. The summed E-state index contributed by atoms with van der Waals surface area (Å²) in [5.74, 6) is -0.0878. The zero-order valence-electron chi connectivity index (χ0n) is 12.1. The number of benzene rings is 2. The number of nitro benzene ring substituents is 1. The van der Waals surface area contributed by atoms with Gasteiger partial charge in [0.1, 0.15) is 0 Å². The Labute approximate surface area is 143 Å². The highest BCUT2D eigenvalue weighted by atomic mass is 79.9. The minimum Gasteiger partial charge on any atom is -1.00 e. The molecule has 0 amide bonds. The van der Waals surface area contributed by atoms with Gasteiger partial charge < -0.3 is 17.0 Å². The molecule has 0 unspecified atom stereocenters. The Kier molecular flexibility index (Phi) is 5.18. The quantitative estimate of drug-likeness (QED) is 0.278. The van der Waals surface area contributed by atoms with Gasteiger partial charge in [-0.3, -0.25) is 14.9 Å². The smallest absolute Gasteiger partial charge is 0.269 e. The third kappa shape index (κ3) is 3.78. The number of hydrogen-bond acceptors (Lipinski definition) is 3. The summed E-state index contributed by atoms with van der Waals surface area (Å²) in [5.41, 5.74) is 0.446. The van der Waals surface area contributed by atoms with Crippen molar-refractivity contribution in [2.24, 2.45) is 0 Å². The highest BCUT2D eigenvalue weighted by Gasteiger charge is 2.14. The maximum absolute atomic E-state index is 12.2. The second-order valence-corrected chi connectivity index (χ2v) is 4.97. The molecular weight excluding hydrogens is 360 g/mol. The Balaban J connectivity index is 0.00000192. The first kappa shape index (κ1) is 16.8. The Morgan fingerprint density at radius 2 is 1.65 bits per heavy atom. The van der Waals surface area contributed by atoms with Crippen LogP contribution in [0.15, 0.2) is 67.0 Å². The molecule has 0 bridgehead atoms. The summed E-state index contributed by atoms with van der Waals surface area (Å²) in [4.78, 5) is 22.4. The number of ketones is 1. The highest BCUT2D eigenvalue weighted by Crippen LogP contribution is 2.13. The minimum absolute atomic E-state index is 0. The maximum Gasteiger partial charge on any atom is 0.269 e. The number of carbonyl (C=O) groups excluding carboxylic acids is 1. The average Bonchev–Trinajstić information content (AvgIpc) is 2.55. The van der Waals surface area contributed by atoms with Crippen LogP contribution in [0, 0.1) is 10.1 Å². The van der Waals surface area contributed by atoms with Crippen molar-refractivity contribution in [3.8, 4) is 0 Å². The molecule has 0 saturated heterocycles. The van der Waals surface area contributed by atoms with Gasteiger partial charge in [0.05, 0.1) is 4.92 Å². The van der Waals surface area contributed by atoms with Crippen LogP contribution in [0.1, 0.15) is 10.4 Å². The van der Waals surface area contributed by atoms with Gasteiger partial charge >= 0.3 is 0 Å². The molecule has 0 aliphatic carbocycles. The topological polar surface area (TPSA) is 64.1 Å². The van der Waals surface area contributed by atoms with Crippen LogP contribution in [0.4, 0.5) is 5.69 Å². The normalized spacial score (nSPS) is 10.1. The molecule has 0 N–H and O–H groups in total. The van der Waals surface area contributed by atoms with Crippen molar-refractivity contribution in [1.29, 1.82) is 0 Å². The van der Waals surface area contributed by atoms with Crippen LogP contribution in [0.25, 0.3) is 10.8 Å². The first-order chi connectivity index (χ1) is 10.6. The number of rotatable bonds is 4. The molecule has 0 spiro atoms. The second-order valence-electron chi connectivity index (χ2n) is 4.97. The molecule has 0 radical (unpaired) electrons. The van der Waals surface area contributed by atoms with Crippen LogP contribution in [-0.4, -0.2) is 10.7 Å². The predicted molar refractivity (Wildman–Crippen MR) is 81.6 cm³/mol. The van der Waals surface area contributed by atoms with Crippen molar-refractivity contribution >= 4 is 22.2 Å². The Bertz CT molecular complexity index is 863. The monoisotopic (exact) mass is 372 g/mol. The maximum atomic E-state index is 12.2. The lowest BCUT2D eigenvalue weighted by atomic mass is 10.1. The Morgan fingerprint density at radius 3 is 2.30 bits per heavy atom. The number of hydrogen-bond donors (Lipinski definition) is 0. The summed E-state index contributed by atoms with van der Waals surface area (Å²) in [6.45, 7) is 0.197. The van der Waals surface area contributed by atoms with E-state index in [0.29, 0.717) is 5.56 Å². The molecular formula is C17H13BrN2O3. The Hall–Kier alpha value is -2.60. The van der Waals surface area contributed by atoms with Crippen molar-refractivity contribution in [3.63, 3.8) is 0 Å². The first-order valence-electron chi connectivity index (χ1n) is 6.79. The minimum atomic E-state index is -0.480. The summed E-state index contributed by atoms with van der Waals surface area (Å²) in [6.07, 6.45) is 3.77. The van der Waals surface area contributed by atoms with Gasteiger partial charge in [-0.15, -0.1) is 0 Å². The Morgan fingerprint density at radius 1 is 1.00 bits per heavy atom. The largest absolute Gasteiger partial charge is 1.00 e. The van der Waals surface area contributed by atoms with E-state index in [9.17, 15) is 14.9 Å². The molecule has 0 atom stereocenters. The van der Waals surface area contributed by atoms with Gasteiger partial charge in [0.2, 0.25) is 12.3 Å². The predicted octanol–water partition coefficient (Wildman–Crippen LogP) is -0.0776. The van der Waals surface area contributed by atoms with Gasteiger partial charge in [-0.05, 0) is 23.6 Å². The summed E-state index contributed by atoms with van der Waals surface area (Å²) >= 11 is 0. The molecule has 0 saturated carbocycles. The SMILES string of the molecule is O=C(C[n+]1ccc2ccccc2c1)c1ccc([N+](=O)[O-])cc1.[Br-]. The summed E-state index contributed by atoms with van der Waals surface area (Å²) < 4.78 is 1.81. The van der Waals surface area contributed by atoms with E-state index in [-0.39, 0.29) is 35.0 Å². The van der Waals surface area contributed by atoms with Gasteiger partial charge in [0.15, 0.2) is 12.4 Å². The van der Waals surface area contributed by atoms with E-state index in [4.69, 9.17) is 0 Å². The number of nitrogens with zero attached hydrogens (tertiary/aromatic N) is 2. The molecule has 3 aromatic rings. The zero-order valence-corrected chi connectivity index (χ0v) is 13.6. The van der Waals surface area contributed by atoms with Crippen LogP contribution in [0.2, 0.25) is 0 Å². The van der Waals surface area contributed by atoms with Gasteiger partial charge in [0, 0.05) is 29.1 Å². The lowest BCUT2D eigenvalue weighted by Crippen LogP contribution is -3.00. The molecule has 3 rings (SSSR count). The average molecular weight is 373 g/mol. The van der Waals surface area contributed by atoms with Crippen molar-refractivity contribution in [2.45, 2.75) is 6.54 Å². The van der Waals surface area contributed by atoms with E-state index >= 15 is 0 Å². The molecule has 2 aromatic carbocycles. The fourth-order valence-corrected chi connectivity index (χ4v) is 2.30. The lowest BCUT2D eigenvalue weighted by molar-refractivity contribution is -0.681. The van der Waals surface area contributed by atoms with Crippen LogP contribution < -0.4 is 21.5 Å². The van der Waals surface area contributed by atoms with Crippen LogP contribution in [0.3, 0.4) is 0 Å². The number of aromatic nitrogens is 1. The van der Waals surface area contributed by atoms with Crippen LogP contribution in [-0.2, 0) is 6.54 Å². The van der Waals surface area contributed by atoms with Gasteiger partial charge in [0.25, 0.3) is 5.69 Å². The van der Waals surface area contributed by atoms with E-state index in [1.54, 1.807) is 0 Å². The second kappa shape index (κ2) is 7.11. The van der Waals surface area contributed by atoms with Gasteiger partial charge in [-0.1, -0.05) is 18.2 Å². The number of halogens is 1. The van der Waals surface area contributed by atoms with Gasteiger partial charge in [-0.25, -0.2) is 0 Å². The number of Topliss-reactive ketones (excluding diaryl/α,β-unsaturated/α-hetero) is 1. The molecule has 6 heteroatoms. The number of nitro groups is 1. The molecule has 1 aromatic heterocycles. The van der Waals surface area contributed by atoms with Crippen molar-refractivity contribution < 1.29 is 31.3 Å². The number of pyridine rings is 1. The number of fused-ring (bicyclic) bond motifs is 1. The van der Waals surface area contributed by atoms with E-state index in [1.165, 1.54) is 24.3 Å².